The van der Waals surface area contributed by atoms with E-state index in [4.69, 9.17) is 9.94 Å². The van der Waals surface area contributed by atoms with Crippen molar-refractivity contribution in [2.45, 2.75) is 64.7 Å². The number of nitro groups is 1. The van der Waals surface area contributed by atoms with Crippen molar-refractivity contribution in [2.75, 3.05) is 13.2 Å². The second-order valence-electron chi connectivity index (χ2n) is 4.96. The Balaban J connectivity index is 3.68. The van der Waals surface area contributed by atoms with Crippen LogP contribution < -0.4 is 0 Å². The molecule has 0 unspecified atom stereocenters. The van der Waals surface area contributed by atoms with Crippen LogP contribution in [0.1, 0.15) is 64.7 Å². The maximum atomic E-state index is 11.6. The van der Waals surface area contributed by atoms with Crippen molar-refractivity contribution in [1.82, 2.24) is 0 Å². The van der Waals surface area contributed by atoms with E-state index in [1.54, 1.807) is 0 Å². The number of ether oxygens (including phenoxy) is 1. The van der Waals surface area contributed by atoms with Crippen LogP contribution in [-0.2, 0) is 9.53 Å². The fourth-order valence-corrected chi connectivity index (χ4v) is 1.86. The van der Waals surface area contributed by atoms with Gasteiger partial charge in [-0.15, -0.1) is 0 Å². The Hall–Kier alpha value is -1.66. The number of nitrogens with zero attached hydrogens (tertiary/aromatic N) is 2. The summed E-state index contributed by atoms with van der Waals surface area (Å²) in [5, 5.41) is 21.8. The molecule has 0 heterocycles. The quantitative estimate of drug-likeness (QED) is 0.141. The third-order valence-corrected chi connectivity index (χ3v) is 3.09. The first-order valence-electron chi connectivity index (χ1n) is 7.61. The Bertz CT molecular complexity index is 331. The van der Waals surface area contributed by atoms with Gasteiger partial charge in [0.05, 0.1) is 6.61 Å². The summed E-state index contributed by atoms with van der Waals surface area (Å²) >= 11 is 0. The number of hydrogen-bond donors (Lipinski definition) is 1. The molecular weight excluding hydrogens is 276 g/mol. The maximum Gasteiger partial charge on any atom is 0.356 e. The van der Waals surface area contributed by atoms with Crippen molar-refractivity contribution in [3.8, 4) is 0 Å². The molecule has 0 atom stereocenters. The summed E-state index contributed by atoms with van der Waals surface area (Å²) < 4.78 is 5.02. The molecule has 0 rings (SSSR count). The Morgan fingerprint density at radius 1 is 1.14 bits per heavy atom. The van der Waals surface area contributed by atoms with Gasteiger partial charge in [-0.3, -0.25) is 10.1 Å². The Labute approximate surface area is 125 Å². The van der Waals surface area contributed by atoms with Crippen molar-refractivity contribution in [3.63, 3.8) is 0 Å². The molecule has 0 saturated heterocycles. The zero-order valence-electron chi connectivity index (χ0n) is 12.8. The van der Waals surface area contributed by atoms with Crippen LogP contribution in [0.3, 0.4) is 0 Å². The Morgan fingerprint density at radius 2 is 1.81 bits per heavy atom. The van der Waals surface area contributed by atoms with Crippen molar-refractivity contribution in [2.24, 2.45) is 5.16 Å². The molecule has 1 N–H and O–H groups in total. The SMILES string of the molecule is CCCCCCCCOC(=O)/C(CCCC[N+](=O)[O-])=N/O. The van der Waals surface area contributed by atoms with Gasteiger partial charge in [0.2, 0.25) is 6.54 Å². The standard InChI is InChI=1S/C14H26N2O5/c1-2-3-4-5-6-9-12-21-14(17)13(15-18)10-7-8-11-16(19)20/h18H,2-12H2,1H3/b15-13+. The van der Waals surface area contributed by atoms with Gasteiger partial charge in [0.25, 0.3) is 0 Å². The van der Waals surface area contributed by atoms with Gasteiger partial charge in [0.1, 0.15) is 0 Å². The van der Waals surface area contributed by atoms with Crippen molar-refractivity contribution in [3.05, 3.63) is 10.1 Å². The molecular formula is C14H26N2O5. The third kappa shape index (κ3) is 11.8. The van der Waals surface area contributed by atoms with Crippen LogP contribution in [0.4, 0.5) is 0 Å². The predicted octanol–water partition coefficient (Wildman–Crippen LogP) is 3.17. The molecule has 0 spiro atoms. The second kappa shape index (κ2) is 13.3. The highest BCUT2D eigenvalue weighted by atomic mass is 16.6. The zero-order chi connectivity index (χ0) is 15.9. The van der Waals surface area contributed by atoms with Crippen LogP contribution in [0.5, 0.6) is 0 Å². The Morgan fingerprint density at radius 3 is 2.43 bits per heavy atom. The molecule has 0 radical (unpaired) electrons. The number of hydrogen-bond acceptors (Lipinski definition) is 6. The average molecular weight is 302 g/mol. The number of carbonyl (C=O) groups excluding carboxylic acids is 1. The first-order chi connectivity index (χ1) is 10.1. The first-order valence-corrected chi connectivity index (χ1v) is 7.61. The highest BCUT2D eigenvalue weighted by Crippen LogP contribution is 2.06. The smallest absolute Gasteiger partial charge is 0.356 e. The number of rotatable bonds is 13. The molecule has 0 aliphatic rings. The molecule has 0 amide bonds. The maximum absolute atomic E-state index is 11.6. The summed E-state index contributed by atoms with van der Waals surface area (Å²) in [5.41, 5.74) is -0.0654. The summed E-state index contributed by atoms with van der Waals surface area (Å²) in [5.74, 6) is -0.632. The van der Waals surface area contributed by atoms with Gasteiger partial charge in [-0.05, 0) is 12.8 Å². The number of carbonyl (C=O) groups is 1. The molecule has 0 fully saturated rings. The lowest BCUT2D eigenvalue weighted by Crippen LogP contribution is -2.18. The molecule has 0 aliphatic carbocycles. The van der Waals surface area contributed by atoms with Crippen LogP contribution in [0, 0.1) is 10.1 Å². The van der Waals surface area contributed by atoms with E-state index in [-0.39, 0.29) is 18.7 Å². The lowest BCUT2D eigenvalue weighted by Gasteiger charge is -2.06. The highest BCUT2D eigenvalue weighted by molar-refractivity contribution is 6.36. The summed E-state index contributed by atoms with van der Waals surface area (Å²) in [6.45, 7) is 2.33. The molecule has 0 aliphatic heterocycles. The fraction of sp³-hybridized carbons (Fsp3) is 0.857. The van der Waals surface area contributed by atoms with Gasteiger partial charge in [-0.25, -0.2) is 4.79 Å². The van der Waals surface area contributed by atoms with Gasteiger partial charge in [0.15, 0.2) is 5.71 Å². The van der Waals surface area contributed by atoms with E-state index in [0.29, 0.717) is 19.4 Å². The summed E-state index contributed by atoms with van der Waals surface area (Å²) in [6.07, 6.45) is 7.53. The lowest BCUT2D eigenvalue weighted by atomic mass is 10.1. The first kappa shape index (κ1) is 19.3. The highest BCUT2D eigenvalue weighted by Gasteiger charge is 2.14. The minimum Gasteiger partial charge on any atom is -0.461 e. The van der Waals surface area contributed by atoms with E-state index in [0.717, 1.165) is 19.3 Å². The third-order valence-electron chi connectivity index (χ3n) is 3.09. The normalized spacial score (nSPS) is 11.4. The number of oxime groups is 1. The van der Waals surface area contributed by atoms with Gasteiger partial charge < -0.3 is 9.94 Å². The topological polar surface area (TPSA) is 102 Å². The van der Waals surface area contributed by atoms with E-state index in [1.807, 2.05) is 0 Å². The summed E-state index contributed by atoms with van der Waals surface area (Å²) in [6, 6.07) is 0. The minimum atomic E-state index is -0.632. The molecule has 0 bridgehead atoms. The van der Waals surface area contributed by atoms with Crippen LogP contribution in [0.2, 0.25) is 0 Å². The van der Waals surface area contributed by atoms with Gasteiger partial charge >= 0.3 is 5.97 Å². The molecule has 0 saturated carbocycles. The molecule has 0 aromatic heterocycles. The average Bonchev–Trinajstić information content (AvgIpc) is 2.46. The van der Waals surface area contributed by atoms with Gasteiger partial charge in [-0.2, -0.15) is 0 Å². The van der Waals surface area contributed by atoms with E-state index >= 15 is 0 Å². The van der Waals surface area contributed by atoms with Crippen molar-refractivity contribution >= 4 is 11.7 Å². The van der Waals surface area contributed by atoms with Crippen LogP contribution >= 0.6 is 0 Å². The van der Waals surface area contributed by atoms with E-state index in [9.17, 15) is 14.9 Å². The minimum absolute atomic E-state index is 0.0654. The molecule has 7 nitrogen and oxygen atoms in total. The van der Waals surface area contributed by atoms with Gasteiger partial charge in [-0.1, -0.05) is 44.2 Å². The second-order valence-corrected chi connectivity index (χ2v) is 4.96. The van der Waals surface area contributed by atoms with Gasteiger partial charge in [0, 0.05) is 17.8 Å². The van der Waals surface area contributed by atoms with Crippen LogP contribution in [0.25, 0.3) is 0 Å². The molecule has 122 valence electrons. The number of esters is 1. The van der Waals surface area contributed by atoms with E-state index in [2.05, 4.69) is 12.1 Å². The number of unbranched alkanes of at least 4 members (excludes halogenated alkanes) is 6. The fourth-order valence-electron chi connectivity index (χ4n) is 1.86. The van der Waals surface area contributed by atoms with Crippen LogP contribution in [0.15, 0.2) is 5.16 Å². The van der Waals surface area contributed by atoms with E-state index in [1.165, 1.54) is 19.3 Å². The summed E-state index contributed by atoms with van der Waals surface area (Å²) in [4.78, 5) is 21.3. The van der Waals surface area contributed by atoms with Crippen LogP contribution in [-0.4, -0.2) is 35.0 Å². The van der Waals surface area contributed by atoms with E-state index < -0.39 is 10.9 Å². The largest absolute Gasteiger partial charge is 0.461 e. The predicted molar refractivity (Wildman–Crippen MR) is 79.3 cm³/mol. The monoisotopic (exact) mass is 302 g/mol. The zero-order valence-corrected chi connectivity index (χ0v) is 12.8. The van der Waals surface area contributed by atoms with Crippen molar-refractivity contribution in [1.29, 1.82) is 0 Å². The van der Waals surface area contributed by atoms with Crippen molar-refractivity contribution < 1.29 is 19.7 Å². The summed E-state index contributed by atoms with van der Waals surface area (Å²) in [7, 11) is 0. The molecule has 0 aromatic carbocycles. The molecule has 7 heteroatoms. The Kier molecular flexibility index (Phi) is 12.3. The lowest BCUT2D eigenvalue weighted by molar-refractivity contribution is -0.480. The molecule has 0 aromatic rings. The molecule has 21 heavy (non-hydrogen) atoms.